The predicted molar refractivity (Wildman–Crippen MR) is 37.1 cm³/mol. The number of rotatable bonds is 0. The normalized spacial score (nSPS) is 8.11. The summed E-state index contributed by atoms with van der Waals surface area (Å²) >= 11 is 3.90. The van der Waals surface area contributed by atoms with Gasteiger partial charge in [-0.05, 0) is 5.92 Å². The van der Waals surface area contributed by atoms with Gasteiger partial charge in [0.1, 0.15) is 6.33 Å². The number of thiol groups is 1. The van der Waals surface area contributed by atoms with E-state index < -0.39 is 0 Å². The van der Waals surface area contributed by atoms with Gasteiger partial charge in [0.2, 0.25) is 5.82 Å². The van der Waals surface area contributed by atoms with E-state index in [0.29, 0.717) is 11.6 Å². The van der Waals surface area contributed by atoms with Crippen molar-refractivity contribution >= 4 is 12.6 Å². The van der Waals surface area contributed by atoms with Gasteiger partial charge in [-0.1, -0.05) is 5.92 Å². The molecule has 1 heterocycles. The highest BCUT2D eigenvalue weighted by Gasteiger charge is 1.82. The van der Waals surface area contributed by atoms with Crippen molar-refractivity contribution in [3.8, 4) is 11.8 Å². The monoisotopic (exact) mass is 139 g/mol. The minimum absolute atomic E-state index is 0.542. The Morgan fingerprint density at radius 3 is 3.22 bits per heavy atom. The fraction of sp³-hybridized carbons (Fsp3) is 0.200. The van der Waals surface area contributed by atoms with Gasteiger partial charge in [-0.3, -0.25) is 5.10 Å². The first-order valence-corrected chi connectivity index (χ1v) is 3.02. The molecule has 0 aromatic carbocycles. The molecule has 0 spiro atoms. The first-order valence-electron chi connectivity index (χ1n) is 2.38. The van der Waals surface area contributed by atoms with E-state index in [0.717, 1.165) is 0 Å². The van der Waals surface area contributed by atoms with Crippen LogP contribution in [0.25, 0.3) is 0 Å². The van der Waals surface area contributed by atoms with Crippen molar-refractivity contribution in [2.45, 2.75) is 0 Å². The number of nitrogens with one attached hydrogen (secondary N) is 1. The van der Waals surface area contributed by atoms with Crippen LogP contribution in [0, 0.1) is 11.8 Å². The summed E-state index contributed by atoms with van der Waals surface area (Å²) in [7, 11) is 0. The number of hydrogen-bond donors (Lipinski definition) is 2. The molecule has 0 bridgehead atoms. The molecule has 0 unspecified atom stereocenters. The van der Waals surface area contributed by atoms with Crippen molar-refractivity contribution in [3.63, 3.8) is 0 Å². The van der Waals surface area contributed by atoms with Gasteiger partial charge in [-0.15, -0.1) is 0 Å². The van der Waals surface area contributed by atoms with Crippen LogP contribution >= 0.6 is 12.6 Å². The molecule has 9 heavy (non-hydrogen) atoms. The molecular formula is C5H5N3S. The van der Waals surface area contributed by atoms with Crippen LogP contribution in [0.5, 0.6) is 0 Å². The summed E-state index contributed by atoms with van der Waals surface area (Å²) in [6.07, 6.45) is 1.42. The summed E-state index contributed by atoms with van der Waals surface area (Å²) in [5.41, 5.74) is 0. The second-order valence-electron chi connectivity index (χ2n) is 1.29. The second kappa shape index (κ2) is 3.15. The van der Waals surface area contributed by atoms with Gasteiger partial charge in [-0.2, -0.15) is 17.7 Å². The molecular weight excluding hydrogens is 134 g/mol. The Morgan fingerprint density at radius 2 is 2.67 bits per heavy atom. The molecule has 3 nitrogen and oxygen atoms in total. The molecule has 0 saturated heterocycles. The van der Waals surface area contributed by atoms with Crippen LogP contribution < -0.4 is 0 Å². The molecule has 0 amide bonds. The Kier molecular flexibility index (Phi) is 2.16. The van der Waals surface area contributed by atoms with Crippen molar-refractivity contribution in [1.82, 2.24) is 15.2 Å². The number of hydrogen-bond acceptors (Lipinski definition) is 3. The average molecular weight is 139 g/mol. The Hall–Kier alpha value is -0.950. The first kappa shape index (κ1) is 6.17. The van der Waals surface area contributed by atoms with E-state index in [-0.39, 0.29) is 0 Å². The van der Waals surface area contributed by atoms with Crippen LogP contribution in [0.1, 0.15) is 5.82 Å². The Labute approximate surface area is 58.3 Å². The van der Waals surface area contributed by atoms with Crippen LogP contribution in [-0.4, -0.2) is 20.9 Å². The number of aromatic nitrogens is 3. The molecule has 0 aliphatic carbocycles. The molecule has 0 fully saturated rings. The van der Waals surface area contributed by atoms with Crippen LogP contribution in [0.2, 0.25) is 0 Å². The van der Waals surface area contributed by atoms with Crippen LogP contribution in [0.4, 0.5) is 0 Å². The fourth-order valence-electron chi connectivity index (χ4n) is 0.389. The minimum atomic E-state index is 0.542. The summed E-state index contributed by atoms with van der Waals surface area (Å²) in [6.45, 7) is 0. The van der Waals surface area contributed by atoms with Crippen LogP contribution in [0.3, 0.4) is 0 Å². The van der Waals surface area contributed by atoms with E-state index in [4.69, 9.17) is 0 Å². The molecule has 0 aliphatic rings. The lowest BCUT2D eigenvalue weighted by atomic mass is 10.6. The maximum absolute atomic E-state index is 3.90. The lowest BCUT2D eigenvalue weighted by molar-refractivity contribution is 1.08. The van der Waals surface area contributed by atoms with Crippen LogP contribution in [-0.2, 0) is 0 Å². The molecule has 4 heteroatoms. The summed E-state index contributed by atoms with van der Waals surface area (Å²) in [5, 5.41) is 6.21. The second-order valence-corrected chi connectivity index (χ2v) is 1.61. The zero-order valence-corrected chi connectivity index (χ0v) is 5.52. The highest BCUT2D eigenvalue weighted by atomic mass is 32.1. The van der Waals surface area contributed by atoms with Crippen LogP contribution in [0.15, 0.2) is 6.33 Å². The van der Waals surface area contributed by atoms with Gasteiger partial charge in [0.15, 0.2) is 0 Å². The molecule has 0 radical (unpaired) electrons. The molecule has 0 aliphatic heterocycles. The van der Waals surface area contributed by atoms with Gasteiger partial charge >= 0.3 is 0 Å². The van der Waals surface area contributed by atoms with E-state index in [2.05, 4.69) is 39.7 Å². The Morgan fingerprint density at radius 1 is 1.78 bits per heavy atom. The summed E-state index contributed by atoms with van der Waals surface area (Å²) < 4.78 is 0. The van der Waals surface area contributed by atoms with E-state index in [1.807, 2.05) is 0 Å². The quantitative estimate of drug-likeness (QED) is 0.395. The average Bonchev–Trinajstić information content (AvgIpc) is 2.34. The van der Waals surface area contributed by atoms with Crippen molar-refractivity contribution in [3.05, 3.63) is 12.2 Å². The summed E-state index contributed by atoms with van der Waals surface area (Å²) in [4.78, 5) is 3.78. The highest BCUT2D eigenvalue weighted by molar-refractivity contribution is 7.80. The molecule has 0 saturated carbocycles. The van der Waals surface area contributed by atoms with Crippen molar-refractivity contribution < 1.29 is 0 Å². The SMILES string of the molecule is SCC#Cc1ncn[nH]1. The van der Waals surface area contributed by atoms with E-state index in [1.54, 1.807) is 0 Å². The maximum atomic E-state index is 3.90. The smallest absolute Gasteiger partial charge is 0.200 e. The number of aromatic amines is 1. The summed E-state index contributed by atoms with van der Waals surface area (Å²) in [5.74, 6) is 6.58. The molecule has 1 N–H and O–H groups in total. The van der Waals surface area contributed by atoms with Gasteiger partial charge in [0.25, 0.3) is 0 Å². The fourth-order valence-corrected chi connectivity index (χ4v) is 0.468. The van der Waals surface area contributed by atoms with Gasteiger partial charge < -0.3 is 0 Å². The van der Waals surface area contributed by atoms with E-state index in [1.165, 1.54) is 6.33 Å². The molecule has 0 atom stereocenters. The Bertz CT molecular complexity index is 218. The zero-order valence-electron chi connectivity index (χ0n) is 4.63. The lowest BCUT2D eigenvalue weighted by Gasteiger charge is -1.71. The largest absolute Gasteiger partial charge is 0.253 e. The molecule has 1 aromatic heterocycles. The van der Waals surface area contributed by atoms with Gasteiger partial charge in [0.05, 0.1) is 5.75 Å². The summed E-state index contributed by atoms with van der Waals surface area (Å²) in [6, 6.07) is 0. The standard InChI is InChI=1S/C5H5N3S/c9-3-1-2-5-6-4-7-8-5/h4,9H,3H2,(H,6,7,8). The highest BCUT2D eigenvalue weighted by Crippen LogP contribution is 1.78. The van der Waals surface area contributed by atoms with E-state index in [9.17, 15) is 0 Å². The van der Waals surface area contributed by atoms with Crippen molar-refractivity contribution in [2.24, 2.45) is 0 Å². The predicted octanol–water partition coefficient (Wildman–Crippen LogP) is 0.0860. The molecule has 46 valence electrons. The Balaban J connectivity index is 2.67. The van der Waals surface area contributed by atoms with Gasteiger partial charge in [0, 0.05) is 0 Å². The topological polar surface area (TPSA) is 41.6 Å². The maximum Gasteiger partial charge on any atom is 0.200 e. The van der Waals surface area contributed by atoms with Crippen molar-refractivity contribution in [1.29, 1.82) is 0 Å². The van der Waals surface area contributed by atoms with Gasteiger partial charge in [-0.25, -0.2) is 4.98 Å². The first-order chi connectivity index (χ1) is 4.43. The van der Waals surface area contributed by atoms with E-state index >= 15 is 0 Å². The zero-order chi connectivity index (χ0) is 6.53. The van der Waals surface area contributed by atoms with Crippen molar-refractivity contribution in [2.75, 3.05) is 5.75 Å². The number of H-pyrrole nitrogens is 1. The third kappa shape index (κ3) is 1.78. The minimum Gasteiger partial charge on any atom is -0.253 e. The molecule has 1 rings (SSSR count). The number of nitrogens with zero attached hydrogens (tertiary/aromatic N) is 2. The third-order valence-corrected chi connectivity index (χ3v) is 0.859. The third-order valence-electron chi connectivity index (χ3n) is 0.701. The lowest BCUT2D eigenvalue weighted by Crippen LogP contribution is -1.75. The molecule has 1 aromatic rings.